The van der Waals surface area contributed by atoms with Gasteiger partial charge in [0.25, 0.3) is 5.56 Å². The smallest absolute Gasteiger partial charge is 0.330 e. The van der Waals surface area contributed by atoms with Crippen molar-refractivity contribution in [2.45, 2.75) is 13.5 Å². The molecule has 1 amide bonds. The summed E-state index contributed by atoms with van der Waals surface area (Å²) in [5, 5.41) is 4.07. The predicted octanol–water partition coefficient (Wildman–Crippen LogP) is 0.800. The lowest BCUT2D eigenvalue weighted by molar-refractivity contribution is -0.127. The van der Waals surface area contributed by atoms with Crippen LogP contribution >= 0.6 is 0 Å². The molecule has 0 unspecified atom stereocenters. The molecule has 1 fully saturated rings. The number of aryl methyl sites for hydroxylation is 2. The number of carbonyl (C=O) groups excluding carboxylic acids is 1. The van der Waals surface area contributed by atoms with Gasteiger partial charge in [-0.25, -0.2) is 4.79 Å². The highest BCUT2D eigenvalue weighted by Gasteiger charge is 2.21. The second-order valence-electron chi connectivity index (χ2n) is 8.15. The van der Waals surface area contributed by atoms with Gasteiger partial charge in [0, 0.05) is 58.1 Å². The molecule has 1 saturated heterocycles. The van der Waals surface area contributed by atoms with Gasteiger partial charge in [0.15, 0.2) is 0 Å². The number of amides is 1. The van der Waals surface area contributed by atoms with Crippen LogP contribution in [0.5, 0.6) is 0 Å². The zero-order valence-corrected chi connectivity index (χ0v) is 18.9. The molecule has 2 aromatic heterocycles. The maximum Gasteiger partial charge on any atom is 0.330 e. The minimum atomic E-state index is -0.434. The average Bonchev–Trinajstić information content (AvgIpc) is 3.28. The van der Waals surface area contributed by atoms with E-state index in [-0.39, 0.29) is 11.5 Å². The number of rotatable bonds is 5. The quantitative estimate of drug-likeness (QED) is 0.529. The molecule has 0 spiro atoms. The number of hydrogen-bond acceptors (Lipinski definition) is 7. The lowest BCUT2D eigenvalue weighted by Gasteiger charge is -2.33. The molecule has 0 bridgehead atoms. The van der Waals surface area contributed by atoms with E-state index in [2.05, 4.69) is 15.0 Å². The number of hydrogen-bond donors (Lipinski definition) is 0. The van der Waals surface area contributed by atoms with Crippen molar-refractivity contribution in [3.63, 3.8) is 0 Å². The molecule has 1 aliphatic heterocycles. The van der Waals surface area contributed by atoms with Crippen LogP contribution in [0.3, 0.4) is 0 Å². The van der Waals surface area contributed by atoms with Crippen molar-refractivity contribution < 1.29 is 9.32 Å². The van der Waals surface area contributed by atoms with Crippen molar-refractivity contribution in [2.24, 2.45) is 14.1 Å². The summed E-state index contributed by atoms with van der Waals surface area (Å²) in [5.41, 5.74) is 1.52. The van der Waals surface area contributed by atoms with Gasteiger partial charge in [-0.1, -0.05) is 35.0 Å². The maximum atomic E-state index is 12.6. The number of carbonyl (C=O) groups is 1. The SMILES string of the molecule is Cc1ccc(-c2noc(CN3CCN(C(=O)/C=C/c4cn(C)c(=O)n(C)c4=O)CC3)n2)cc1. The fraction of sp³-hybridized carbons (Fsp3) is 0.348. The lowest BCUT2D eigenvalue weighted by atomic mass is 10.1. The van der Waals surface area contributed by atoms with Crippen LogP contribution in [0.2, 0.25) is 0 Å². The van der Waals surface area contributed by atoms with Gasteiger partial charge >= 0.3 is 5.69 Å². The topological polar surface area (TPSA) is 106 Å². The third-order valence-corrected chi connectivity index (χ3v) is 5.70. The van der Waals surface area contributed by atoms with Crippen LogP contribution in [0.4, 0.5) is 0 Å². The molecule has 0 N–H and O–H groups in total. The van der Waals surface area contributed by atoms with E-state index >= 15 is 0 Å². The second kappa shape index (κ2) is 9.37. The van der Waals surface area contributed by atoms with Crippen LogP contribution in [0.1, 0.15) is 17.0 Å². The molecule has 3 heterocycles. The lowest BCUT2D eigenvalue weighted by Crippen LogP contribution is -2.47. The minimum absolute atomic E-state index is 0.176. The predicted molar refractivity (Wildman–Crippen MR) is 122 cm³/mol. The molecule has 0 atom stereocenters. The average molecular weight is 450 g/mol. The van der Waals surface area contributed by atoms with Crippen LogP contribution in [-0.2, 0) is 25.4 Å². The Morgan fingerprint density at radius 2 is 1.79 bits per heavy atom. The molecule has 3 aromatic rings. The fourth-order valence-corrected chi connectivity index (χ4v) is 3.67. The van der Waals surface area contributed by atoms with Crippen molar-refractivity contribution in [3.05, 3.63) is 74.4 Å². The van der Waals surface area contributed by atoms with E-state index in [1.807, 2.05) is 31.2 Å². The second-order valence-corrected chi connectivity index (χ2v) is 8.15. The highest BCUT2D eigenvalue weighted by Crippen LogP contribution is 2.17. The summed E-state index contributed by atoms with van der Waals surface area (Å²) in [6.45, 7) is 4.98. The van der Waals surface area contributed by atoms with E-state index in [1.54, 1.807) is 11.9 Å². The monoisotopic (exact) mass is 450 g/mol. The van der Waals surface area contributed by atoms with E-state index < -0.39 is 11.2 Å². The first-order chi connectivity index (χ1) is 15.8. The van der Waals surface area contributed by atoms with Gasteiger partial charge in [0.1, 0.15) is 0 Å². The van der Waals surface area contributed by atoms with Crippen LogP contribution in [0, 0.1) is 6.92 Å². The van der Waals surface area contributed by atoms with Crippen LogP contribution in [-0.4, -0.2) is 61.2 Å². The van der Waals surface area contributed by atoms with Crippen LogP contribution in [0.15, 0.2) is 50.7 Å². The van der Waals surface area contributed by atoms with Gasteiger partial charge in [-0.3, -0.25) is 19.1 Å². The highest BCUT2D eigenvalue weighted by molar-refractivity contribution is 5.91. The third-order valence-electron chi connectivity index (χ3n) is 5.70. The summed E-state index contributed by atoms with van der Waals surface area (Å²) >= 11 is 0. The molecule has 33 heavy (non-hydrogen) atoms. The van der Waals surface area contributed by atoms with Crippen molar-refractivity contribution in [2.75, 3.05) is 26.2 Å². The Kier molecular flexibility index (Phi) is 6.36. The molecular weight excluding hydrogens is 424 g/mol. The van der Waals surface area contributed by atoms with Crippen molar-refractivity contribution in [1.29, 1.82) is 0 Å². The van der Waals surface area contributed by atoms with E-state index in [0.29, 0.717) is 44.4 Å². The van der Waals surface area contributed by atoms with Gasteiger partial charge in [-0.05, 0) is 13.0 Å². The molecule has 10 heteroatoms. The Hall–Kier alpha value is -3.79. The maximum absolute atomic E-state index is 12.6. The molecule has 1 aromatic carbocycles. The number of nitrogens with zero attached hydrogens (tertiary/aromatic N) is 6. The molecular formula is C23H26N6O4. The summed E-state index contributed by atoms with van der Waals surface area (Å²) in [7, 11) is 2.98. The summed E-state index contributed by atoms with van der Waals surface area (Å²) in [5.74, 6) is 0.925. The largest absolute Gasteiger partial charge is 0.338 e. The van der Waals surface area contributed by atoms with Crippen molar-refractivity contribution >= 4 is 12.0 Å². The van der Waals surface area contributed by atoms with Gasteiger partial charge in [0.05, 0.1) is 12.1 Å². The first-order valence-corrected chi connectivity index (χ1v) is 10.7. The van der Waals surface area contributed by atoms with Crippen molar-refractivity contribution in [1.82, 2.24) is 29.1 Å². The molecule has 10 nitrogen and oxygen atoms in total. The molecule has 0 radical (unpaired) electrons. The summed E-state index contributed by atoms with van der Waals surface area (Å²) in [6.07, 6.45) is 4.27. The highest BCUT2D eigenvalue weighted by atomic mass is 16.5. The first-order valence-electron chi connectivity index (χ1n) is 10.7. The Balaban J connectivity index is 1.32. The van der Waals surface area contributed by atoms with E-state index in [9.17, 15) is 14.4 Å². The van der Waals surface area contributed by atoms with Crippen LogP contribution in [0.25, 0.3) is 17.5 Å². The third kappa shape index (κ3) is 5.01. The van der Waals surface area contributed by atoms with Crippen molar-refractivity contribution in [3.8, 4) is 11.4 Å². The Labute approximate surface area is 190 Å². The first kappa shape index (κ1) is 22.4. The normalized spacial score (nSPS) is 14.8. The van der Waals surface area contributed by atoms with Gasteiger partial charge < -0.3 is 14.0 Å². The van der Waals surface area contributed by atoms with E-state index in [0.717, 1.165) is 10.1 Å². The Bertz CT molecular complexity index is 1290. The molecule has 0 saturated carbocycles. The van der Waals surface area contributed by atoms with E-state index in [1.165, 1.54) is 35.5 Å². The fourth-order valence-electron chi connectivity index (χ4n) is 3.67. The zero-order chi connectivity index (χ0) is 23.5. The van der Waals surface area contributed by atoms with Gasteiger partial charge in [0.2, 0.25) is 17.6 Å². The van der Waals surface area contributed by atoms with Gasteiger partial charge in [-0.15, -0.1) is 0 Å². The van der Waals surface area contributed by atoms with E-state index in [4.69, 9.17) is 4.52 Å². The Morgan fingerprint density at radius 1 is 1.09 bits per heavy atom. The summed E-state index contributed by atoms with van der Waals surface area (Å²) < 4.78 is 7.73. The Morgan fingerprint density at radius 3 is 2.48 bits per heavy atom. The molecule has 4 rings (SSSR count). The number of piperazine rings is 1. The summed E-state index contributed by atoms with van der Waals surface area (Å²) in [4.78, 5) is 44.9. The molecule has 172 valence electrons. The standard InChI is InChI=1S/C23H26N6O4/c1-16-4-6-17(7-5-16)21-24-19(33-25-21)15-28-10-12-29(13-11-28)20(30)9-8-18-14-26(2)23(32)27(3)22(18)31/h4-9,14H,10-13,15H2,1-3H3/b9-8+. The summed E-state index contributed by atoms with van der Waals surface area (Å²) in [6, 6.07) is 7.94. The van der Waals surface area contributed by atoms with Gasteiger partial charge in [-0.2, -0.15) is 4.98 Å². The number of aromatic nitrogens is 4. The van der Waals surface area contributed by atoms with Crippen LogP contribution < -0.4 is 11.2 Å². The molecule has 1 aliphatic rings. The number of benzene rings is 1. The zero-order valence-electron chi connectivity index (χ0n) is 18.9. The minimum Gasteiger partial charge on any atom is -0.338 e. The molecule has 0 aliphatic carbocycles.